The number of carboxylic acids is 1. The van der Waals surface area contributed by atoms with E-state index in [1.165, 1.54) is 19.9 Å². The molecule has 1 unspecified atom stereocenters. The second-order valence-corrected chi connectivity index (χ2v) is 33.6. The number of ether oxygens (including phenoxy) is 13. The highest BCUT2D eigenvalue weighted by atomic mass is 16.8. The van der Waals surface area contributed by atoms with Crippen molar-refractivity contribution < 1.29 is 158 Å². The molecule has 6 aliphatic heterocycles. The van der Waals surface area contributed by atoms with Crippen molar-refractivity contribution in [3.05, 3.63) is 53.6 Å². The van der Waals surface area contributed by atoms with Crippen LogP contribution >= 0.6 is 0 Å². The maximum atomic E-state index is 14.3. The summed E-state index contributed by atoms with van der Waals surface area (Å²) in [5.74, 6) is -4.20. The van der Waals surface area contributed by atoms with Gasteiger partial charge in [0.2, 0.25) is 0 Å². The van der Waals surface area contributed by atoms with E-state index in [0.717, 1.165) is 0 Å². The van der Waals surface area contributed by atoms with E-state index in [4.69, 9.17) is 61.6 Å². The zero-order valence-corrected chi connectivity index (χ0v) is 61.4. The Kier molecular flexibility index (Phi) is 23.2. The fourth-order valence-corrected chi connectivity index (χ4v) is 21.2. The molecule has 32 heteroatoms. The molecule has 0 aromatic heterocycles. The van der Waals surface area contributed by atoms with E-state index in [0.29, 0.717) is 49.7 Å². The molecule has 11 fully saturated rings. The van der Waals surface area contributed by atoms with Gasteiger partial charge in [0.05, 0.1) is 48.6 Å². The van der Waals surface area contributed by atoms with Gasteiger partial charge in [-0.15, -0.1) is 0 Å². The quantitative estimate of drug-likeness (QED) is 0.0460. The van der Waals surface area contributed by atoms with E-state index in [9.17, 15) is 96.1 Å². The first-order valence-electron chi connectivity index (χ1n) is 37.0. The number of rotatable bonds is 18. The van der Waals surface area contributed by atoms with Crippen molar-refractivity contribution in [2.24, 2.45) is 50.2 Å². The van der Waals surface area contributed by atoms with Crippen LogP contribution in [0.5, 0.6) is 0 Å². The van der Waals surface area contributed by atoms with Gasteiger partial charge in [0, 0.05) is 28.4 Å². The predicted molar refractivity (Wildman–Crippen MR) is 359 cm³/mol. The van der Waals surface area contributed by atoms with Crippen molar-refractivity contribution in [3.8, 4) is 0 Å². The highest BCUT2D eigenvalue weighted by Gasteiger charge is 2.86. The second kappa shape index (κ2) is 30.2. The second-order valence-electron chi connectivity index (χ2n) is 33.6. The van der Waals surface area contributed by atoms with Crippen LogP contribution in [0.1, 0.15) is 133 Å². The fraction of sp³-hybridized carbons (Fsp3) is 0.824. The van der Waals surface area contributed by atoms with E-state index < -0.39 is 259 Å². The normalized spacial score (nSPS) is 51.3. The van der Waals surface area contributed by atoms with Crippen LogP contribution in [0.3, 0.4) is 0 Å². The van der Waals surface area contributed by atoms with Crippen LogP contribution < -0.4 is 0 Å². The van der Waals surface area contributed by atoms with Gasteiger partial charge < -0.3 is 143 Å². The molecule has 2 bridgehead atoms. The summed E-state index contributed by atoms with van der Waals surface area (Å²) in [7, 11) is 0. The summed E-state index contributed by atoms with van der Waals surface area (Å²) in [6, 6.07) is 9.10. The third-order valence-electron chi connectivity index (χ3n) is 27.3. The minimum atomic E-state index is -2.38. The Balaban J connectivity index is 0.856. The molecule has 1 spiro atoms. The van der Waals surface area contributed by atoms with Crippen molar-refractivity contribution >= 4 is 24.0 Å². The smallest absolute Gasteiger partial charge is 0.335 e. The van der Waals surface area contributed by atoms with Gasteiger partial charge in [-0.25, -0.2) is 14.4 Å². The molecule has 32 nitrogen and oxygen atoms in total. The number of carboxylic acid groups (broad SMARTS) is 1. The van der Waals surface area contributed by atoms with Crippen molar-refractivity contribution in [1.82, 2.24) is 0 Å². The summed E-state index contributed by atoms with van der Waals surface area (Å²) < 4.78 is 82.1. The maximum Gasteiger partial charge on any atom is 0.335 e. The van der Waals surface area contributed by atoms with E-state index >= 15 is 0 Å². The molecule has 16 N–H and O–H groups in total. The van der Waals surface area contributed by atoms with Crippen LogP contribution in [0.25, 0.3) is 6.08 Å². The fourth-order valence-electron chi connectivity index (χ4n) is 21.2. The summed E-state index contributed by atoms with van der Waals surface area (Å²) in [4.78, 5) is 41.7. The highest BCUT2D eigenvalue weighted by molar-refractivity contribution is 5.88. The Bertz CT molecular complexity index is 3340. The number of hydrogen-bond acceptors (Lipinski definition) is 31. The number of hydrogen-bond donors (Lipinski definition) is 16. The number of benzene rings is 1. The third kappa shape index (κ3) is 13.3. The molecule has 1 aromatic carbocycles. The SMILES string of the molecule is C/C=C(/C)C(=O)O[C@H]1[C@H](OC(=O)/C=C/c2ccccc2)[C@]23C(O)O[C@@]4(CC[C@@H]5[C@@]6(C)CC[C@H](O[C@@H]7O[C@H](C(=O)O)[C@@H](O)[C@H](O[C@@H]8O[C@H](CO)[C@H](O)[C@H](O)[C@H]8O[C@@H]8O[C@@H](C)[C@H](O)[C@@H](O)[C@H]8O[C@@H]8O[C@@H](C)[C@H](O)[C@@H](O)[C@H]8O)[C@H]7O[C@@H]7O[C@H](CO)[C@H](O)[C@H](O)[C@H]7O)C(C)(C)[C@@H]6CC[C@@]5(C)[C@]4(C)C[C@H]2O)[C@@H]3CC1(C)C. The average Bonchev–Trinajstić information content (AvgIpc) is 1.39. The molecule has 38 atom stereocenters. The van der Waals surface area contributed by atoms with Gasteiger partial charge in [0.15, 0.2) is 49.9 Å². The molecule has 11 aliphatic rings. The molecular weight excluding hydrogens is 1400 g/mol. The number of carbonyl (C=O) groups excluding carboxylic acids is 2. The first-order valence-corrected chi connectivity index (χ1v) is 37.0. The minimum absolute atomic E-state index is 0.0915. The van der Waals surface area contributed by atoms with Crippen molar-refractivity contribution in [3.63, 3.8) is 0 Å². The number of esters is 2. The number of aliphatic hydroxyl groups is 15. The first-order chi connectivity index (χ1) is 49.7. The maximum absolute atomic E-state index is 14.3. The molecule has 598 valence electrons. The standard InChI is InChI=1S/C74H110O32/c1-12-30(2)61(92)105-58-59(99-41(78)19-18-33-16-14-13-15-17-33)74-38(26-68(58,5)6)73(106-67(74)93)25-21-37-70(9)23-22-40(69(7,8)36(70)20-24-71(37,10)72(73,11)27-39(74)77)98-66-57(104-63-51(88)47(84)44(81)34(28-75)96-63)53(52(89)54(101-66)60(90)91)100-65-56(49(86)45(82)35(29-76)97-65)103-64-55(48(85)43(80)32(4)95-64)102-62-50(87)46(83)42(79)31(3)94-62/h12-19,31-32,34-40,42-59,62-67,75-77,79-89,93H,20-29H2,1-11H3,(H,90,91)/b19-18+,30-12-/t31-,32-,34+,35+,36-,37+,38-,39+,40-,42-,43-,44-,45-,46+,47-,48+,49-,50+,51+,52-,53-,54-,55+,56+,57+,58-,59-,62-,63-,64-,65-,66+,67?,70-,71+,72-,73-,74+/m0/s1. The molecule has 6 saturated heterocycles. The molecule has 106 heavy (non-hydrogen) atoms. The van der Waals surface area contributed by atoms with Gasteiger partial charge >= 0.3 is 17.9 Å². The van der Waals surface area contributed by atoms with Crippen molar-refractivity contribution in [2.75, 3.05) is 13.2 Å². The van der Waals surface area contributed by atoms with Crippen LogP contribution in [0.2, 0.25) is 0 Å². The van der Waals surface area contributed by atoms with Crippen molar-refractivity contribution in [2.45, 2.75) is 317 Å². The summed E-state index contributed by atoms with van der Waals surface area (Å²) in [5.41, 5.74) is -5.73. The lowest BCUT2D eigenvalue weighted by molar-refractivity contribution is -0.412. The molecular formula is C74H110O32. The number of allylic oxidation sites excluding steroid dienone is 1. The molecule has 5 saturated carbocycles. The lowest BCUT2D eigenvalue weighted by atomic mass is 9.30. The van der Waals surface area contributed by atoms with Gasteiger partial charge in [-0.1, -0.05) is 84.9 Å². The zero-order valence-electron chi connectivity index (χ0n) is 61.4. The predicted octanol–water partition coefficient (Wildman–Crippen LogP) is -1.34. The molecule has 6 heterocycles. The van der Waals surface area contributed by atoms with Crippen LogP contribution in [0.15, 0.2) is 48.1 Å². The molecule has 5 aliphatic carbocycles. The van der Waals surface area contributed by atoms with Gasteiger partial charge in [-0.05, 0) is 119 Å². The van der Waals surface area contributed by atoms with Crippen LogP contribution in [0, 0.1) is 50.2 Å². The Morgan fingerprint density at radius 2 is 1.07 bits per heavy atom. The topological polar surface area (TPSA) is 495 Å². The lowest BCUT2D eigenvalue weighted by Crippen LogP contribution is -2.77. The largest absolute Gasteiger partial charge is 0.479 e. The summed E-state index contributed by atoms with van der Waals surface area (Å²) in [6.45, 7) is 18.5. The van der Waals surface area contributed by atoms with Crippen LogP contribution in [-0.4, -0.2) is 303 Å². The van der Waals surface area contributed by atoms with E-state index in [1.54, 1.807) is 26.0 Å². The Hall–Kier alpha value is -3.93. The van der Waals surface area contributed by atoms with E-state index in [-0.39, 0.29) is 24.7 Å². The van der Waals surface area contributed by atoms with Gasteiger partial charge in [-0.3, -0.25) is 0 Å². The molecule has 1 aromatic rings. The molecule has 0 radical (unpaired) electrons. The van der Waals surface area contributed by atoms with Gasteiger partial charge in [0.25, 0.3) is 0 Å². The monoisotopic (exact) mass is 1510 g/mol. The van der Waals surface area contributed by atoms with Crippen LogP contribution in [0.4, 0.5) is 0 Å². The summed E-state index contributed by atoms with van der Waals surface area (Å²) in [6.07, 6.45) is -47.3. The minimum Gasteiger partial charge on any atom is -0.479 e. The van der Waals surface area contributed by atoms with Crippen LogP contribution in [-0.2, 0) is 76.0 Å². The van der Waals surface area contributed by atoms with Crippen molar-refractivity contribution in [1.29, 1.82) is 0 Å². The zero-order chi connectivity index (χ0) is 77.4. The first kappa shape index (κ1) is 81.6. The Morgan fingerprint density at radius 1 is 0.538 bits per heavy atom. The van der Waals surface area contributed by atoms with E-state index in [2.05, 4.69) is 20.8 Å². The summed E-state index contributed by atoms with van der Waals surface area (Å²) >= 11 is 0. The lowest BCUT2D eigenvalue weighted by Gasteiger charge is -2.75. The van der Waals surface area contributed by atoms with Gasteiger partial charge in [-0.2, -0.15) is 0 Å². The number of aliphatic hydroxyl groups excluding tert-OH is 15. The average molecular weight is 1510 g/mol. The van der Waals surface area contributed by atoms with E-state index in [1.807, 2.05) is 58.0 Å². The summed E-state index contributed by atoms with van der Waals surface area (Å²) in [5, 5.41) is 182. The Labute approximate surface area is 613 Å². The molecule has 0 amide bonds. The Morgan fingerprint density at radius 3 is 1.69 bits per heavy atom. The number of fused-ring (bicyclic) bond motifs is 4. The number of aliphatic carboxylic acids is 1. The molecule has 12 rings (SSSR count). The number of carbonyl (C=O) groups is 3. The van der Waals surface area contributed by atoms with Gasteiger partial charge in [0.1, 0.15) is 110 Å². The highest BCUT2D eigenvalue weighted by Crippen LogP contribution is 2.82. The third-order valence-corrected chi connectivity index (χ3v) is 27.3.